The number of rotatable bonds is 1. The Bertz CT molecular complexity index is 59.3. The lowest BCUT2D eigenvalue weighted by molar-refractivity contribution is -0.314. The van der Waals surface area contributed by atoms with Crippen molar-refractivity contribution in [3.05, 3.63) is 0 Å². The third-order valence-electron chi connectivity index (χ3n) is 0.341. The molecule has 0 aliphatic rings. The topological polar surface area (TPSA) is 155 Å². The van der Waals surface area contributed by atoms with Crippen LogP contribution >= 0.6 is 0 Å². The van der Waals surface area contributed by atoms with Crippen molar-refractivity contribution in [1.82, 2.24) is 0 Å². The molecule has 0 aliphatic carbocycles. The summed E-state index contributed by atoms with van der Waals surface area (Å²) in [5, 5.41) is 17.3. The van der Waals surface area contributed by atoms with E-state index in [1.165, 1.54) is 0 Å². The van der Waals surface area contributed by atoms with E-state index in [4.69, 9.17) is 5.11 Å². The van der Waals surface area contributed by atoms with Crippen molar-refractivity contribution < 1.29 is 31.4 Å². The van der Waals surface area contributed by atoms with Gasteiger partial charge in [-0.15, -0.1) is 0 Å². The minimum absolute atomic E-state index is 0. The van der Waals surface area contributed by atoms with E-state index >= 15 is 0 Å². The predicted octanol–water partition coefficient (Wildman–Crippen LogP) is -4.36. The fourth-order valence-corrected chi connectivity index (χ4v) is 0. The van der Waals surface area contributed by atoms with Crippen LogP contribution in [0.1, 0.15) is 6.92 Å². The fraction of sp³-hybridized carbons (Fsp3) is 0.667. The average molecular weight is 143 g/mol. The minimum atomic E-state index is -1.44. The number of carbonyl (C=O) groups excluding carboxylic acids is 1. The Hall–Kier alpha value is -0.690. The molecule has 1 unspecified atom stereocenters. The SMILES string of the molecule is CC(O)C(=O)[O-].O.O.O. The molecule has 60 valence electrons. The summed E-state index contributed by atoms with van der Waals surface area (Å²) in [5.74, 6) is -1.44. The summed E-state index contributed by atoms with van der Waals surface area (Å²) < 4.78 is 0. The van der Waals surface area contributed by atoms with Crippen molar-refractivity contribution in [3.8, 4) is 0 Å². The van der Waals surface area contributed by atoms with Crippen LogP contribution in [-0.2, 0) is 4.79 Å². The van der Waals surface area contributed by atoms with Crippen LogP contribution in [0.15, 0.2) is 0 Å². The normalized spacial score (nSPS) is 9.11. The van der Waals surface area contributed by atoms with Crippen LogP contribution in [0.5, 0.6) is 0 Å². The van der Waals surface area contributed by atoms with Gasteiger partial charge in [-0.05, 0) is 6.92 Å². The van der Waals surface area contributed by atoms with E-state index in [1.807, 2.05) is 0 Å². The van der Waals surface area contributed by atoms with Crippen LogP contribution in [-0.4, -0.2) is 33.6 Å². The third kappa shape index (κ3) is 18.8. The largest absolute Gasteiger partial charge is 0.547 e. The summed E-state index contributed by atoms with van der Waals surface area (Å²) >= 11 is 0. The lowest BCUT2D eigenvalue weighted by Crippen LogP contribution is -2.32. The number of aliphatic carboxylic acids is 1. The molecule has 6 heteroatoms. The molecule has 9 heavy (non-hydrogen) atoms. The molecule has 0 bridgehead atoms. The first-order valence-corrected chi connectivity index (χ1v) is 1.53. The zero-order chi connectivity index (χ0) is 5.15. The fourth-order valence-electron chi connectivity index (χ4n) is 0. The van der Waals surface area contributed by atoms with Gasteiger partial charge >= 0.3 is 0 Å². The van der Waals surface area contributed by atoms with Crippen molar-refractivity contribution in [3.63, 3.8) is 0 Å². The van der Waals surface area contributed by atoms with Gasteiger partial charge in [0.05, 0.1) is 12.1 Å². The second kappa shape index (κ2) is 10.3. The first kappa shape index (κ1) is 23.9. The van der Waals surface area contributed by atoms with Gasteiger partial charge in [0.1, 0.15) is 0 Å². The molecule has 0 aromatic carbocycles. The zero-order valence-electron chi connectivity index (χ0n) is 4.84. The minimum Gasteiger partial charge on any atom is -0.547 e. The van der Waals surface area contributed by atoms with Crippen LogP contribution in [0.4, 0.5) is 0 Å². The number of aliphatic hydroxyl groups excluding tert-OH is 1. The summed E-state index contributed by atoms with van der Waals surface area (Å²) in [6, 6.07) is 0. The molecule has 0 amide bonds. The maximum Gasteiger partial charge on any atom is 0.0905 e. The van der Waals surface area contributed by atoms with Gasteiger partial charge in [0.15, 0.2) is 0 Å². The van der Waals surface area contributed by atoms with Crippen LogP contribution in [0.25, 0.3) is 0 Å². The number of carbonyl (C=O) groups is 1. The van der Waals surface area contributed by atoms with Crippen molar-refractivity contribution in [2.45, 2.75) is 13.0 Å². The van der Waals surface area contributed by atoms with Gasteiger partial charge in [-0.1, -0.05) is 0 Å². The molecule has 0 radical (unpaired) electrons. The van der Waals surface area contributed by atoms with Gasteiger partial charge in [0, 0.05) is 0 Å². The molecule has 6 nitrogen and oxygen atoms in total. The molecule has 0 aromatic rings. The second-order valence-corrected chi connectivity index (χ2v) is 0.995. The van der Waals surface area contributed by atoms with Crippen LogP contribution in [0, 0.1) is 0 Å². The van der Waals surface area contributed by atoms with E-state index in [-0.39, 0.29) is 16.4 Å². The summed E-state index contributed by atoms with van der Waals surface area (Å²) in [5.41, 5.74) is 0. The Morgan fingerprint density at radius 1 is 1.44 bits per heavy atom. The van der Waals surface area contributed by atoms with Crippen LogP contribution in [0.2, 0.25) is 0 Å². The predicted molar refractivity (Wildman–Crippen MR) is 27.5 cm³/mol. The summed E-state index contributed by atoms with van der Waals surface area (Å²) in [7, 11) is 0. The quantitative estimate of drug-likeness (QED) is 0.394. The molecule has 0 spiro atoms. The molecule has 7 N–H and O–H groups in total. The number of hydrogen-bond acceptors (Lipinski definition) is 3. The Morgan fingerprint density at radius 2 is 1.56 bits per heavy atom. The van der Waals surface area contributed by atoms with Gasteiger partial charge in [0.25, 0.3) is 0 Å². The van der Waals surface area contributed by atoms with E-state index in [1.54, 1.807) is 0 Å². The highest BCUT2D eigenvalue weighted by Gasteiger charge is 1.89. The highest BCUT2D eigenvalue weighted by Crippen LogP contribution is 1.69. The highest BCUT2D eigenvalue weighted by molar-refractivity contribution is 5.68. The van der Waals surface area contributed by atoms with Crippen molar-refractivity contribution in [1.29, 1.82) is 0 Å². The van der Waals surface area contributed by atoms with E-state index < -0.39 is 12.1 Å². The standard InChI is InChI=1S/C3H6O3.3H2O/c1-2(4)3(5)6;;;/h2,4H,1H3,(H,5,6);3*1H2/p-1. The molecule has 0 aromatic heterocycles. The first-order chi connectivity index (χ1) is 2.64. The lowest BCUT2D eigenvalue weighted by atomic mass is 10.4. The Balaban J connectivity index is -0.0000000417. The van der Waals surface area contributed by atoms with Gasteiger partial charge in [-0.25, -0.2) is 0 Å². The maximum absolute atomic E-state index is 9.34. The first-order valence-electron chi connectivity index (χ1n) is 1.53. The monoisotopic (exact) mass is 143 g/mol. The summed E-state index contributed by atoms with van der Waals surface area (Å²) in [4.78, 5) is 9.34. The van der Waals surface area contributed by atoms with Gasteiger partial charge in [-0.3, -0.25) is 0 Å². The van der Waals surface area contributed by atoms with E-state index in [0.29, 0.717) is 0 Å². The summed E-state index contributed by atoms with van der Waals surface area (Å²) in [6.45, 7) is 1.13. The molecular formula is C3H11O6-. The smallest absolute Gasteiger partial charge is 0.0905 e. The summed E-state index contributed by atoms with van der Waals surface area (Å²) in [6.07, 6.45) is -1.34. The molecule has 0 rings (SSSR count). The molecular weight excluding hydrogens is 132 g/mol. The number of hydrogen-bond donors (Lipinski definition) is 1. The number of aliphatic hydroxyl groups is 1. The number of carboxylic acids is 1. The van der Waals surface area contributed by atoms with Crippen LogP contribution < -0.4 is 5.11 Å². The van der Waals surface area contributed by atoms with Crippen LogP contribution in [0.3, 0.4) is 0 Å². The Labute approximate surface area is 51.7 Å². The number of carboxylic acid groups (broad SMARTS) is 1. The Kier molecular flexibility index (Phi) is 27.4. The zero-order valence-corrected chi connectivity index (χ0v) is 4.84. The molecule has 0 aliphatic heterocycles. The van der Waals surface area contributed by atoms with E-state index in [0.717, 1.165) is 6.92 Å². The van der Waals surface area contributed by atoms with Gasteiger partial charge < -0.3 is 31.4 Å². The molecule has 0 saturated carbocycles. The van der Waals surface area contributed by atoms with Gasteiger partial charge in [0.2, 0.25) is 0 Å². The van der Waals surface area contributed by atoms with Crippen molar-refractivity contribution in [2.75, 3.05) is 0 Å². The molecule has 0 saturated heterocycles. The highest BCUT2D eigenvalue weighted by atomic mass is 16.4. The second-order valence-electron chi connectivity index (χ2n) is 0.995. The van der Waals surface area contributed by atoms with E-state index in [9.17, 15) is 9.90 Å². The molecule has 0 heterocycles. The van der Waals surface area contributed by atoms with E-state index in [2.05, 4.69) is 0 Å². The average Bonchev–Trinajstić information content (AvgIpc) is 1.36. The Morgan fingerprint density at radius 3 is 1.56 bits per heavy atom. The molecule has 1 atom stereocenters. The van der Waals surface area contributed by atoms with Crippen molar-refractivity contribution >= 4 is 5.97 Å². The molecule has 0 fully saturated rings. The maximum atomic E-state index is 9.34. The van der Waals surface area contributed by atoms with Gasteiger partial charge in [-0.2, -0.15) is 0 Å². The third-order valence-corrected chi connectivity index (χ3v) is 0.341. The lowest BCUT2D eigenvalue weighted by Gasteiger charge is -2.00. The van der Waals surface area contributed by atoms with Crippen molar-refractivity contribution in [2.24, 2.45) is 0 Å².